The van der Waals surface area contributed by atoms with Gasteiger partial charge in [-0.25, -0.2) is 12.2 Å². The molecule has 0 aliphatic heterocycles. The van der Waals surface area contributed by atoms with Gasteiger partial charge < -0.3 is 19.8 Å². The van der Waals surface area contributed by atoms with E-state index < -0.39 is 0 Å². The van der Waals surface area contributed by atoms with E-state index in [4.69, 9.17) is 0 Å². The summed E-state index contributed by atoms with van der Waals surface area (Å²) in [6.07, 6.45) is 12.9. The third kappa shape index (κ3) is 10.4. The first-order valence-corrected chi connectivity index (χ1v) is 6.71. The molecule has 3 rings (SSSR count). The summed E-state index contributed by atoms with van der Waals surface area (Å²) in [7, 11) is 0. The van der Waals surface area contributed by atoms with E-state index in [1.807, 2.05) is 36.4 Å². The minimum absolute atomic E-state index is 0. The number of rotatable bonds is 0. The second-order valence-corrected chi connectivity index (χ2v) is 3.00. The molecular weight excluding hydrogens is 368 g/mol. The largest absolute Gasteiger partial charge is 0.477 e. The van der Waals surface area contributed by atoms with Gasteiger partial charge in [-0.3, -0.25) is 6.08 Å². The zero-order valence-electron chi connectivity index (χ0n) is 11.8. The topological polar surface area (TPSA) is 15.8 Å². The normalized spacial score (nSPS) is 9.15. The Hall–Kier alpha value is -0.427. The monoisotopic (exact) mass is 387 g/mol. The summed E-state index contributed by atoms with van der Waals surface area (Å²) in [6.45, 7) is 0. The summed E-state index contributed by atoms with van der Waals surface area (Å²) in [5, 5.41) is 1.22. The molecule has 1 heterocycles. The summed E-state index contributed by atoms with van der Waals surface area (Å²) in [6, 6.07) is 10.1. The van der Waals surface area contributed by atoms with E-state index in [0.29, 0.717) is 0 Å². The van der Waals surface area contributed by atoms with Gasteiger partial charge in [0, 0.05) is 0 Å². The van der Waals surface area contributed by atoms with Gasteiger partial charge in [0.05, 0.1) is 0 Å². The molecule has 0 atom stereocenters. The second-order valence-electron chi connectivity index (χ2n) is 3.00. The Morgan fingerprint density at radius 2 is 1.75 bits per heavy atom. The fourth-order valence-electron chi connectivity index (χ4n) is 1.27. The van der Waals surface area contributed by atoms with Crippen LogP contribution < -0.4 is 0 Å². The predicted octanol–water partition coefficient (Wildman–Crippen LogP) is 4.98. The van der Waals surface area contributed by atoms with Gasteiger partial charge in [-0.2, -0.15) is 17.5 Å². The van der Waals surface area contributed by atoms with E-state index in [1.54, 1.807) is 0 Å². The van der Waals surface area contributed by atoms with Crippen LogP contribution in [0.15, 0.2) is 48.6 Å². The van der Waals surface area contributed by atoms with Crippen LogP contribution in [0.1, 0.15) is 6.42 Å². The number of hydrogen-bond donors (Lipinski definition) is 1. The molecule has 0 bridgehead atoms. The first kappa shape index (κ1) is 27.8. The Morgan fingerprint density at radius 3 is 2.20 bits per heavy atom. The first-order valence-electron chi connectivity index (χ1n) is 4.98. The minimum Gasteiger partial charge on any atom is -0.477 e. The van der Waals surface area contributed by atoms with Crippen molar-refractivity contribution in [3.8, 4) is 0 Å². The maximum Gasteiger partial charge on any atom is -0.0745 e. The van der Waals surface area contributed by atoms with Crippen molar-refractivity contribution < 1.29 is 24.2 Å². The van der Waals surface area contributed by atoms with Crippen molar-refractivity contribution in [2.45, 2.75) is 6.42 Å². The summed E-state index contributed by atoms with van der Waals surface area (Å²) >= 11 is 1.30. The van der Waals surface area contributed by atoms with E-state index in [-0.39, 0.29) is 39.7 Å². The van der Waals surface area contributed by atoms with E-state index in [0.717, 1.165) is 11.9 Å². The molecule has 2 aromatic rings. The van der Waals surface area contributed by atoms with Gasteiger partial charge in [0.1, 0.15) is 0 Å². The zero-order valence-corrected chi connectivity index (χ0v) is 15.9. The molecule has 1 N–H and O–H groups in total. The van der Waals surface area contributed by atoms with Crippen LogP contribution in [0, 0.1) is 27.1 Å². The van der Waals surface area contributed by atoms with Gasteiger partial charge in [-0.15, -0.1) is 55.1 Å². The van der Waals surface area contributed by atoms with Crippen LogP contribution in [-0.4, -0.2) is 9.20 Å². The molecule has 0 fully saturated rings. The van der Waals surface area contributed by atoms with Crippen molar-refractivity contribution in [2.75, 3.05) is 0 Å². The molecule has 1 nitrogen and oxygen atoms in total. The second kappa shape index (κ2) is 18.6. The molecule has 0 spiro atoms. The van der Waals surface area contributed by atoms with E-state index in [1.165, 1.54) is 29.6 Å². The van der Waals surface area contributed by atoms with E-state index >= 15 is 0 Å². The summed E-state index contributed by atoms with van der Waals surface area (Å²) in [4.78, 5) is 2.99. The average molecular weight is 389 g/mol. The number of benzene rings is 1. The SMILES string of the molecule is Cl.Cl.[C-]1=CC=CC1.[CH2]=[Zr].[CH3-].[CH3-].[c-]1cc2ccccc2[nH]1. The minimum atomic E-state index is 0. The van der Waals surface area contributed by atoms with Gasteiger partial charge >= 0.3 is 28.4 Å². The maximum atomic E-state index is 3.34. The van der Waals surface area contributed by atoms with Crippen LogP contribution in [0.25, 0.3) is 10.9 Å². The molecular formula is C16H21Cl2NZr-4. The summed E-state index contributed by atoms with van der Waals surface area (Å²) < 4.78 is 3.34. The van der Waals surface area contributed by atoms with Crippen LogP contribution in [0.5, 0.6) is 0 Å². The van der Waals surface area contributed by atoms with Gasteiger partial charge in [-0.1, -0.05) is 12.1 Å². The summed E-state index contributed by atoms with van der Waals surface area (Å²) in [5.41, 5.74) is 1.15. The Morgan fingerprint density at radius 1 is 1.10 bits per heavy atom. The van der Waals surface area contributed by atoms with Gasteiger partial charge in [0.25, 0.3) is 0 Å². The Bertz CT molecular complexity index is 438. The number of para-hydroxylation sites is 1. The third-order valence-corrected chi connectivity index (χ3v) is 1.98. The third-order valence-electron chi connectivity index (χ3n) is 1.98. The van der Waals surface area contributed by atoms with Crippen molar-refractivity contribution in [3.05, 3.63) is 75.7 Å². The van der Waals surface area contributed by atoms with Crippen LogP contribution in [0.3, 0.4) is 0 Å². The van der Waals surface area contributed by atoms with Gasteiger partial charge in [0.15, 0.2) is 0 Å². The number of hydrogen-bond acceptors (Lipinski definition) is 0. The van der Waals surface area contributed by atoms with Crippen LogP contribution >= 0.6 is 24.8 Å². The molecule has 4 heteroatoms. The molecule has 1 aromatic heterocycles. The fourth-order valence-corrected chi connectivity index (χ4v) is 1.27. The molecule has 0 amide bonds. The smallest absolute Gasteiger partial charge is 0.0745 e. The molecule has 20 heavy (non-hydrogen) atoms. The fraction of sp³-hybridized carbons (Fsp3) is 0.0625. The number of aromatic amines is 1. The maximum absolute atomic E-state index is 3.34. The van der Waals surface area contributed by atoms with Crippen molar-refractivity contribution in [1.29, 1.82) is 0 Å². The Labute approximate surface area is 150 Å². The number of halogens is 2. The number of fused-ring (bicyclic) bond motifs is 1. The Balaban J connectivity index is -0.000000104. The van der Waals surface area contributed by atoms with E-state index in [2.05, 4.69) is 33.6 Å². The van der Waals surface area contributed by atoms with Crippen LogP contribution in [-0.2, 0) is 24.2 Å². The molecule has 0 saturated heterocycles. The first-order chi connectivity index (χ1) is 7.97. The zero-order chi connectivity index (χ0) is 11.6. The van der Waals surface area contributed by atoms with E-state index in [9.17, 15) is 0 Å². The number of nitrogens with one attached hydrogen (secondary N) is 1. The molecule has 0 radical (unpaired) electrons. The number of aromatic nitrogens is 1. The number of H-pyrrole nitrogens is 1. The van der Waals surface area contributed by atoms with Crippen molar-refractivity contribution in [2.24, 2.45) is 0 Å². The molecule has 1 aromatic carbocycles. The average Bonchev–Trinajstić information content (AvgIpc) is 3.06. The molecule has 1 aliphatic carbocycles. The predicted molar refractivity (Wildman–Crippen MR) is 93.1 cm³/mol. The van der Waals surface area contributed by atoms with Crippen molar-refractivity contribution in [1.82, 2.24) is 4.98 Å². The summed E-state index contributed by atoms with van der Waals surface area (Å²) in [5.74, 6) is 0. The van der Waals surface area contributed by atoms with Crippen molar-refractivity contribution in [3.63, 3.8) is 0 Å². The van der Waals surface area contributed by atoms with Crippen molar-refractivity contribution >= 4 is 39.9 Å². The molecule has 0 saturated carbocycles. The van der Waals surface area contributed by atoms with Gasteiger partial charge in [0.2, 0.25) is 0 Å². The molecule has 0 unspecified atom stereocenters. The van der Waals surface area contributed by atoms with Crippen LogP contribution in [0.2, 0.25) is 0 Å². The molecule has 1 aliphatic rings. The van der Waals surface area contributed by atoms with Crippen LogP contribution in [0.4, 0.5) is 0 Å². The quantitative estimate of drug-likeness (QED) is 0.612. The Kier molecular flexibility index (Phi) is 25.9. The molecule has 112 valence electrons. The van der Waals surface area contributed by atoms with Gasteiger partial charge in [-0.05, 0) is 0 Å². The standard InChI is InChI=1S/C8H6N.C5H5.2CH3.CH2.2ClH.Zr/c1-2-4-8-7(3-1)5-6-9-8;1-2-4-5-3-1;;;;;;/h1-5,9H;1-3H,4H2;2*1H3;1H2;2*1H;/q4*-1;;;;. The number of allylic oxidation sites excluding steroid dienone is 4.